The number of pyridine rings is 1. The van der Waals surface area contributed by atoms with Crippen molar-refractivity contribution in [1.29, 1.82) is 0 Å². The summed E-state index contributed by atoms with van der Waals surface area (Å²) in [6.45, 7) is 5.29. The molecule has 1 fully saturated rings. The van der Waals surface area contributed by atoms with Gasteiger partial charge in [0.05, 0.1) is 0 Å². The number of aromatic amines is 1. The van der Waals surface area contributed by atoms with Crippen LogP contribution in [-0.2, 0) is 6.54 Å². The topological polar surface area (TPSA) is 35.2 Å². The normalized spacial score (nSPS) is 16.3. The first-order valence-corrected chi connectivity index (χ1v) is 7.83. The van der Waals surface area contributed by atoms with Crippen LogP contribution in [-0.4, -0.2) is 41.0 Å². The van der Waals surface area contributed by atoms with Crippen LogP contribution in [0.15, 0.2) is 54.9 Å². The number of hydrogen-bond acceptors (Lipinski definition) is 3. The van der Waals surface area contributed by atoms with Gasteiger partial charge in [-0.15, -0.1) is 0 Å². The Morgan fingerprint density at radius 2 is 1.91 bits per heavy atom. The average Bonchev–Trinajstić information content (AvgIpc) is 3.04. The number of aromatic nitrogens is 2. The molecule has 0 unspecified atom stereocenters. The predicted octanol–water partition coefficient (Wildman–Crippen LogP) is 2.89. The molecule has 112 valence electrons. The number of hydrogen-bond donors (Lipinski definition) is 1. The highest BCUT2D eigenvalue weighted by molar-refractivity contribution is 5.79. The Morgan fingerprint density at radius 3 is 2.73 bits per heavy atom. The number of nitrogens with zero attached hydrogens (tertiary/aromatic N) is 3. The van der Waals surface area contributed by atoms with Crippen LogP contribution in [0.25, 0.3) is 10.9 Å². The molecule has 0 spiro atoms. The molecule has 1 aliphatic rings. The van der Waals surface area contributed by atoms with Gasteiger partial charge in [-0.3, -0.25) is 4.90 Å². The molecule has 1 saturated heterocycles. The van der Waals surface area contributed by atoms with Gasteiger partial charge in [0.15, 0.2) is 0 Å². The van der Waals surface area contributed by atoms with Crippen molar-refractivity contribution >= 4 is 16.7 Å². The first-order valence-electron chi connectivity index (χ1n) is 7.83. The molecule has 4 heteroatoms. The van der Waals surface area contributed by atoms with Gasteiger partial charge in [0.25, 0.3) is 0 Å². The number of anilines is 1. The Hall–Kier alpha value is -2.33. The summed E-state index contributed by atoms with van der Waals surface area (Å²) in [5.74, 6) is 1.09. The molecular weight excluding hydrogens is 272 g/mol. The van der Waals surface area contributed by atoms with Gasteiger partial charge < -0.3 is 9.88 Å². The second kappa shape index (κ2) is 5.81. The standard InChI is InChI=1S/C18H20N4/c1-2-7-20-18(3-1)22-11-9-21(10-12-22)14-15-4-5-17-16(13-15)6-8-19-17/h1-8,13,19H,9-12,14H2. The monoisotopic (exact) mass is 292 g/mol. The van der Waals surface area contributed by atoms with Crippen molar-refractivity contribution in [1.82, 2.24) is 14.9 Å². The van der Waals surface area contributed by atoms with Crippen LogP contribution in [0.1, 0.15) is 5.56 Å². The summed E-state index contributed by atoms with van der Waals surface area (Å²) >= 11 is 0. The van der Waals surface area contributed by atoms with E-state index in [9.17, 15) is 0 Å². The first-order chi connectivity index (χ1) is 10.9. The summed E-state index contributed by atoms with van der Waals surface area (Å²) in [6, 6.07) is 14.9. The van der Waals surface area contributed by atoms with Crippen LogP contribution in [0.5, 0.6) is 0 Å². The molecule has 0 atom stereocenters. The summed E-state index contributed by atoms with van der Waals surface area (Å²) in [7, 11) is 0. The van der Waals surface area contributed by atoms with Gasteiger partial charge >= 0.3 is 0 Å². The summed E-state index contributed by atoms with van der Waals surface area (Å²) in [5, 5.41) is 1.30. The fraction of sp³-hybridized carbons (Fsp3) is 0.278. The summed E-state index contributed by atoms with van der Waals surface area (Å²) in [4.78, 5) is 12.6. The zero-order chi connectivity index (χ0) is 14.8. The lowest BCUT2D eigenvalue weighted by atomic mass is 10.1. The van der Waals surface area contributed by atoms with E-state index < -0.39 is 0 Å². The van der Waals surface area contributed by atoms with Crippen molar-refractivity contribution in [3.05, 3.63) is 60.4 Å². The Balaban J connectivity index is 1.39. The van der Waals surface area contributed by atoms with Gasteiger partial charge in [-0.25, -0.2) is 4.98 Å². The van der Waals surface area contributed by atoms with Crippen LogP contribution in [0.4, 0.5) is 5.82 Å². The van der Waals surface area contributed by atoms with Crippen molar-refractivity contribution < 1.29 is 0 Å². The molecule has 4 nitrogen and oxygen atoms in total. The number of nitrogens with one attached hydrogen (secondary N) is 1. The number of rotatable bonds is 3. The predicted molar refractivity (Wildman–Crippen MR) is 90.0 cm³/mol. The van der Waals surface area contributed by atoms with Gasteiger partial charge in [-0.05, 0) is 41.3 Å². The second-order valence-corrected chi connectivity index (χ2v) is 5.85. The molecule has 0 aliphatic carbocycles. The van der Waals surface area contributed by atoms with Crippen LogP contribution in [0.2, 0.25) is 0 Å². The van der Waals surface area contributed by atoms with Gasteiger partial charge in [-0.1, -0.05) is 12.1 Å². The first kappa shape index (κ1) is 13.3. The number of benzene rings is 1. The lowest BCUT2D eigenvalue weighted by Gasteiger charge is -2.35. The average molecular weight is 292 g/mol. The van der Waals surface area contributed by atoms with E-state index in [1.807, 2.05) is 18.5 Å². The molecule has 0 amide bonds. The van der Waals surface area contributed by atoms with Gasteiger partial charge in [0.1, 0.15) is 5.82 Å². The Labute approximate surface area is 130 Å². The molecule has 0 bridgehead atoms. The smallest absolute Gasteiger partial charge is 0.128 e. The van der Waals surface area contributed by atoms with E-state index in [1.54, 1.807) is 0 Å². The molecule has 1 N–H and O–H groups in total. The zero-order valence-corrected chi connectivity index (χ0v) is 12.6. The van der Waals surface area contributed by atoms with E-state index in [0.717, 1.165) is 38.5 Å². The molecular formula is C18H20N4. The lowest BCUT2D eigenvalue weighted by Crippen LogP contribution is -2.46. The van der Waals surface area contributed by atoms with Gasteiger partial charge in [0, 0.05) is 50.6 Å². The highest BCUT2D eigenvalue weighted by Gasteiger charge is 2.17. The van der Waals surface area contributed by atoms with Crippen LogP contribution < -0.4 is 4.90 Å². The molecule has 4 rings (SSSR count). The summed E-state index contributed by atoms with van der Waals surface area (Å²) in [6.07, 6.45) is 3.87. The van der Waals surface area contributed by atoms with Gasteiger partial charge in [-0.2, -0.15) is 0 Å². The van der Waals surface area contributed by atoms with E-state index in [2.05, 4.69) is 56.2 Å². The maximum Gasteiger partial charge on any atom is 0.128 e. The van der Waals surface area contributed by atoms with Crippen molar-refractivity contribution in [2.24, 2.45) is 0 Å². The third-order valence-corrected chi connectivity index (χ3v) is 4.37. The minimum absolute atomic E-state index is 1.02. The van der Waals surface area contributed by atoms with Crippen LogP contribution >= 0.6 is 0 Å². The molecule has 2 aromatic heterocycles. The Morgan fingerprint density at radius 1 is 1.00 bits per heavy atom. The van der Waals surface area contributed by atoms with E-state index in [0.29, 0.717) is 0 Å². The number of piperazine rings is 1. The minimum Gasteiger partial charge on any atom is -0.361 e. The molecule has 3 heterocycles. The quantitative estimate of drug-likeness (QED) is 0.806. The van der Waals surface area contributed by atoms with E-state index >= 15 is 0 Å². The molecule has 0 saturated carbocycles. The maximum atomic E-state index is 4.44. The van der Waals surface area contributed by atoms with E-state index in [-0.39, 0.29) is 0 Å². The SMILES string of the molecule is c1ccc(N2CCN(Cc3ccc4[nH]ccc4c3)CC2)nc1. The Bertz CT molecular complexity index is 742. The largest absolute Gasteiger partial charge is 0.361 e. The van der Waals surface area contributed by atoms with Crippen molar-refractivity contribution in [2.45, 2.75) is 6.54 Å². The summed E-state index contributed by atoms with van der Waals surface area (Å²) < 4.78 is 0. The Kier molecular flexibility index (Phi) is 3.52. The molecule has 1 aliphatic heterocycles. The van der Waals surface area contributed by atoms with Crippen molar-refractivity contribution in [2.75, 3.05) is 31.1 Å². The molecule has 3 aromatic rings. The highest BCUT2D eigenvalue weighted by Crippen LogP contribution is 2.18. The van der Waals surface area contributed by atoms with Crippen molar-refractivity contribution in [3.8, 4) is 0 Å². The third-order valence-electron chi connectivity index (χ3n) is 4.37. The maximum absolute atomic E-state index is 4.44. The third kappa shape index (κ3) is 2.70. The van der Waals surface area contributed by atoms with Gasteiger partial charge in [0.2, 0.25) is 0 Å². The fourth-order valence-corrected chi connectivity index (χ4v) is 3.14. The highest BCUT2D eigenvalue weighted by atomic mass is 15.3. The van der Waals surface area contributed by atoms with Crippen molar-refractivity contribution in [3.63, 3.8) is 0 Å². The fourth-order valence-electron chi connectivity index (χ4n) is 3.14. The second-order valence-electron chi connectivity index (χ2n) is 5.85. The molecule has 1 aromatic carbocycles. The number of H-pyrrole nitrogens is 1. The zero-order valence-electron chi connectivity index (χ0n) is 12.6. The van der Waals surface area contributed by atoms with E-state index in [4.69, 9.17) is 0 Å². The van der Waals surface area contributed by atoms with Crippen LogP contribution in [0.3, 0.4) is 0 Å². The van der Waals surface area contributed by atoms with E-state index in [1.165, 1.54) is 16.5 Å². The molecule has 0 radical (unpaired) electrons. The minimum atomic E-state index is 1.02. The summed E-state index contributed by atoms with van der Waals surface area (Å²) in [5.41, 5.74) is 2.60. The van der Waals surface area contributed by atoms with Crippen LogP contribution in [0, 0.1) is 0 Å². The number of fused-ring (bicyclic) bond motifs is 1. The lowest BCUT2D eigenvalue weighted by molar-refractivity contribution is 0.249. The molecule has 22 heavy (non-hydrogen) atoms.